The van der Waals surface area contributed by atoms with Gasteiger partial charge in [-0.15, -0.1) is 0 Å². The van der Waals surface area contributed by atoms with E-state index in [9.17, 15) is 8.42 Å². The molecule has 1 aliphatic heterocycles. The molecular weight excluding hydrogens is 230 g/mol. The number of sulfonamides is 1. The van der Waals surface area contributed by atoms with Crippen molar-refractivity contribution < 1.29 is 12.9 Å². The predicted octanol–water partition coefficient (Wildman–Crippen LogP) is 0.865. The highest BCUT2D eigenvalue weighted by atomic mass is 32.2. The molecule has 0 aromatic carbocycles. The average Bonchev–Trinajstić information content (AvgIpc) is 2.64. The fourth-order valence-electron chi connectivity index (χ4n) is 2.01. The molecule has 6 nitrogen and oxygen atoms in total. The molecule has 1 aliphatic rings. The first-order chi connectivity index (χ1) is 7.48. The summed E-state index contributed by atoms with van der Waals surface area (Å²) in [6, 6.07) is -0.263. The lowest BCUT2D eigenvalue weighted by Gasteiger charge is -2.31. The lowest BCUT2D eigenvalue weighted by molar-refractivity contribution is 0.241. The molecular formula is C9H15N3O3S. The van der Waals surface area contributed by atoms with Gasteiger partial charge in [0.15, 0.2) is 5.82 Å². The van der Waals surface area contributed by atoms with Crippen molar-refractivity contribution in [1.82, 2.24) is 14.4 Å². The van der Waals surface area contributed by atoms with Crippen LogP contribution in [0.3, 0.4) is 0 Å². The van der Waals surface area contributed by atoms with Crippen LogP contribution in [0.25, 0.3) is 0 Å². The molecule has 2 rings (SSSR count). The summed E-state index contributed by atoms with van der Waals surface area (Å²) in [7, 11) is -3.20. The van der Waals surface area contributed by atoms with Crippen LogP contribution < -0.4 is 0 Å². The second kappa shape index (κ2) is 4.14. The Kier molecular flexibility index (Phi) is 2.98. The number of aryl methyl sites for hydroxylation is 1. The number of rotatable bonds is 2. The lowest BCUT2D eigenvalue weighted by Crippen LogP contribution is -2.38. The van der Waals surface area contributed by atoms with Crippen LogP contribution in [0.5, 0.6) is 0 Å². The summed E-state index contributed by atoms with van der Waals surface area (Å²) in [6.45, 7) is 2.24. The summed E-state index contributed by atoms with van der Waals surface area (Å²) in [5.74, 6) is 0.941. The molecule has 16 heavy (non-hydrogen) atoms. The second-order valence-corrected chi connectivity index (χ2v) is 5.99. The van der Waals surface area contributed by atoms with Gasteiger partial charge in [-0.3, -0.25) is 0 Å². The Morgan fingerprint density at radius 2 is 2.19 bits per heavy atom. The van der Waals surface area contributed by atoms with Crippen molar-refractivity contribution in [3.63, 3.8) is 0 Å². The molecule has 1 aromatic rings. The van der Waals surface area contributed by atoms with Crippen LogP contribution in [0.15, 0.2) is 4.52 Å². The minimum Gasteiger partial charge on any atom is -0.340 e. The SMILES string of the molecule is Cc1nc([C@H]2CCCCN2S(C)(=O)=O)no1. The quantitative estimate of drug-likeness (QED) is 0.772. The Morgan fingerprint density at radius 1 is 1.44 bits per heavy atom. The van der Waals surface area contributed by atoms with E-state index < -0.39 is 10.0 Å². The van der Waals surface area contributed by atoms with Crippen LogP contribution in [0.4, 0.5) is 0 Å². The van der Waals surface area contributed by atoms with Gasteiger partial charge in [0.2, 0.25) is 15.9 Å². The van der Waals surface area contributed by atoms with Crippen molar-refractivity contribution in [1.29, 1.82) is 0 Å². The maximum absolute atomic E-state index is 11.6. The third-order valence-electron chi connectivity index (χ3n) is 2.72. The first-order valence-electron chi connectivity index (χ1n) is 5.25. The highest BCUT2D eigenvalue weighted by Gasteiger charge is 2.33. The summed E-state index contributed by atoms with van der Waals surface area (Å²) < 4.78 is 29.6. The van der Waals surface area contributed by atoms with Gasteiger partial charge in [-0.25, -0.2) is 8.42 Å². The summed E-state index contributed by atoms with van der Waals surface area (Å²) in [5.41, 5.74) is 0. The third-order valence-corrected chi connectivity index (χ3v) is 4.01. The summed E-state index contributed by atoms with van der Waals surface area (Å²) in [4.78, 5) is 4.11. The third kappa shape index (κ3) is 2.25. The minimum atomic E-state index is -3.20. The number of nitrogens with zero attached hydrogens (tertiary/aromatic N) is 3. The van der Waals surface area contributed by atoms with Crippen molar-refractivity contribution in [2.24, 2.45) is 0 Å². The van der Waals surface area contributed by atoms with Gasteiger partial charge < -0.3 is 4.52 Å². The van der Waals surface area contributed by atoms with Crippen LogP contribution in [0, 0.1) is 6.92 Å². The molecule has 0 unspecified atom stereocenters. The Balaban J connectivity index is 2.30. The number of hydrogen-bond donors (Lipinski definition) is 0. The maximum atomic E-state index is 11.6. The number of piperidine rings is 1. The molecule has 1 aromatic heterocycles. The molecule has 0 bridgehead atoms. The molecule has 0 spiro atoms. The van der Waals surface area contributed by atoms with Crippen molar-refractivity contribution in [2.75, 3.05) is 12.8 Å². The number of hydrogen-bond acceptors (Lipinski definition) is 5. The van der Waals surface area contributed by atoms with Gasteiger partial charge >= 0.3 is 0 Å². The highest BCUT2D eigenvalue weighted by Crippen LogP contribution is 2.30. The topological polar surface area (TPSA) is 76.3 Å². The largest absolute Gasteiger partial charge is 0.340 e. The normalized spacial score (nSPS) is 23.5. The standard InChI is InChI=1S/C9H15N3O3S/c1-7-10-9(11-15-7)8-5-3-4-6-12(8)16(2,13)14/h8H,3-6H2,1-2H3/t8-/m1/s1. The van der Waals surface area contributed by atoms with Gasteiger partial charge in [-0.1, -0.05) is 11.6 Å². The number of aromatic nitrogens is 2. The fourth-order valence-corrected chi connectivity index (χ4v) is 3.13. The Bertz CT molecular complexity index is 468. The van der Waals surface area contributed by atoms with Gasteiger partial charge in [0.25, 0.3) is 0 Å². The minimum absolute atomic E-state index is 0.263. The zero-order chi connectivity index (χ0) is 11.8. The molecule has 0 aliphatic carbocycles. The van der Waals surface area contributed by atoms with E-state index >= 15 is 0 Å². The molecule has 1 atom stereocenters. The summed E-state index contributed by atoms with van der Waals surface area (Å²) in [6.07, 6.45) is 3.86. The van der Waals surface area contributed by atoms with E-state index in [0.29, 0.717) is 18.3 Å². The van der Waals surface area contributed by atoms with E-state index in [0.717, 1.165) is 19.3 Å². The van der Waals surface area contributed by atoms with Crippen LogP contribution in [-0.2, 0) is 10.0 Å². The first-order valence-corrected chi connectivity index (χ1v) is 7.10. The van der Waals surface area contributed by atoms with Crippen molar-refractivity contribution in [3.8, 4) is 0 Å². The van der Waals surface area contributed by atoms with Crippen LogP contribution >= 0.6 is 0 Å². The Labute approximate surface area is 94.7 Å². The van der Waals surface area contributed by atoms with Gasteiger partial charge in [0.05, 0.1) is 12.3 Å². The van der Waals surface area contributed by atoms with E-state index in [1.807, 2.05) is 0 Å². The Hall–Kier alpha value is -0.950. The molecule has 7 heteroatoms. The Morgan fingerprint density at radius 3 is 2.75 bits per heavy atom. The van der Waals surface area contributed by atoms with E-state index in [1.165, 1.54) is 10.6 Å². The zero-order valence-corrected chi connectivity index (χ0v) is 10.2. The van der Waals surface area contributed by atoms with Crippen molar-refractivity contribution in [3.05, 3.63) is 11.7 Å². The van der Waals surface area contributed by atoms with Crippen LogP contribution in [-0.4, -0.2) is 35.7 Å². The predicted molar refractivity (Wildman–Crippen MR) is 57.2 cm³/mol. The highest BCUT2D eigenvalue weighted by molar-refractivity contribution is 7.88. The molecule has 90 valence electrons. The van der Waals surface area contributed by atoms with E-state index in [1.54, 1.807) is 6.92 Å². The molecule has 0 radical (unpaired) electrons. The average molecular weight is 245 g/mol. The van der Waals surface area contributed by atoms with Crippen molar-refractivity contribution >= 4 is 10.0 Å². The fraction of sp³-hybridized carbons (Fsp3) is 0.778. The molecule has 1 fully saturated rings. The molecule has 1 saturated heterocycles. The van der Waals surface area contributed by atoms with Crippen molar-refractivity contribution in [2.45, 2.75) is 32.2 Å². The smallest absolute Gasteiger partial charge is 0.223 e. The van der Waals surface area contributed by atoms with Gasteiger partial charge in [-0.2, -0.15) is 9.29 Å². The first kappa shape index (κ1) is 11.5. The monoisotopic (exact) mass is 245 g/mol. The van der Waals surface area contributed by atoms with E-state index in [-0.39, 0.29) is 6.04 Å². The van der Waals surface area contributed by atoms with E-state index in [2.05, 4.69) is 10.1 Å². The molecule has 2 heterocycles. The van der Waals surface area contributed by atoms with Crippen LogP contribution in [0.2, 0.25) is 0 Å². The van der Waals surface area contributed by atoms with E-state index in [4.69, 9.17) is 4.52 Å². The summed E-state index contributed by atoms with van der Waals surface area (Å²) in [5, 5.41) is 3.81. The maximum Gasteiger partial charge on any atom is 0.223 e. The summed E-state index contributed by atoms with van der Waals surface area (Å²) >= 11 is 0. The van der Waals surface area contributed by atoms with Gasteiger partial charge in [0, 0.05) is 13.5 Å². The second-order valence-electron chi connectivity index (χ2n) is 4.06. The van der Waals surface area contributed by atoms with Gasteiger partial charge in [-0.05, 0) is 12.8 Å². The van der Waals surface area contributed by atoms with Gasteiger partial charge in [0.1, 0.15) is 0 Å². The van der Waals surface area contributed by atoms with Crippen LogP contribution in [0.1, 0.15) is 37.0 Å². The zero-order valence-electron chi connectivity index (χ0n) is 9.38. The molecule has 0 saturated carbocycles. The molecule has 0 amide bonds. The lowest BCUT2D eigenvalue weighted by atomic mass is 10.0. The molecule has 0 N–H and O–H groups in total.